The van der Waals surface area contributed by atoms with Gasteiger partial charge in [0, 0.05) is 42.7 Å². The zero-order chi connectivity index (χ0) is 18.6. The van der Waals surface area contributed by atoms with Gasteiger partial charge in [-0.3, -0.25) is 9.69 Å². The molecule has 1 amide bonds. The number of thiazole rings is 1. The first-order valence-corrected chi connectivity index (χ1v) is 9.84. The van der Waals surface area contributed by atoms with Gasteiger partial charge in [-0.1, -0.05) is 18.2 Å². The molecule has 4 nitrogen and oxygen atoms in total. The van der Waals surface area contributed by atoms with Crippen LogP contribution in [0.4, 0.5) is 4.39 Å². The Morgan fingerprint density at radius 1 is 1.00 bits per heavy atom. The van der Waals surface area contributed by atoms with Crippen molar-refractivity contribution in [2.75, 3.05) is 26.2 Å². The molecule has 6 heteroatoms. The maximum Gasteiger partial charge on any atom is 0.253 e. The minimum atomic E-state index is -0.239. The van der Waals surface area contributed by atoms with Gasteiger partial charge in [0.05, 0.1) is 12.2 Å². The predicted octanol–water partition coefficient (Wildman–Crippen LogP) is 3.91. The van der Waals surface area contributed by atoms with Crippen molar-refractivity contribution < 1.29 is 9.18 Å². The fraction of sp³-hybridized carbons (Fsp3) is 0.238. The molecule has 27 heavy (non-hydrogen) atoms. The van der Waals surface area contributed by atoms with Gasteiger partial charge in [-0.25, -0.2) is 9.37 Å². The highest BCUT2D eigenvalue weighted by atomic mass is 32.1. The van der Waals surface area contributed by atoms with Gasteiger partial charge < -0.3 is 4.90 Å². The average Bonchev–Trinajstić information content (AvgIpc) is 3.18. The van der Waals surface area contributed by atoms with Crippen LogP contribution in [-0.2, 0) is 6.54 Å². The molecular weight excluding hydrogens is 361 g/mol. The van der Waals surface area contributed by atoms with Crippen molar-refractivity contribution in [3.63, 3.8) is 0 Å². The number of halogens is 1. The van der Waals surface area contributed by atoms with E-state index in [0.717, 1.165) is 54.6 Å². The summed E-state index contributed by atoms with van der Waals surface area (Å²) in [5.74, 6) is -0.139. The molecule has 2 heterocycles. The Morgan fingerprint density at radius 2 is 1.70 bits per heavy atom. The molecule has 0 aliphatic carbocycles. The maximum atomic E-state index is 13.1. The van der Waals surface area contributed by atoms with Crippen molar-refractivity contribution >= 4 is 17.2 Å². The second kappa shape index (κ2) is 7.98. The van der Waals surface area contributed by atoms with Gasteiger partial charge in [-0.2, -0.15) is 0 Å². The number of hydrogen-bond acceptors (Lipinski definition) is 4. The average molecular weight is 381 g/mol. The molecule has 1 fully saturated rings. The van der Waals surface area contributed by atoms with Gasteiger partial charge in [0.1, 0.15) is 10.8 Å². The lowest BCUT2D eigenvalue weighted by Gasteiger charge is -2.34. The minimum absolute atomic E-state index is 0.100. The van der Waals surface area contributed by atoms with E-state index in [1.165, 1.54) is 12.1 Å². The van der Waals surface area contributed by atoms with E-state index in [1.54, 1.807) is 23.5 Å². The molecule has 0 radical (unpaired) electrons. The van der Waals surface area contributed by atoms with E-state index < -0.39 is 0 Å². The molecule has 0 saturated carbocycles. The summed E-state index contributed by atoms with van der Waals surface area (Å²) < 4.78 is 13.1. The van der Waals surface area contributed by atoms with E-state index in [4.69, 9.17) is 0 Å². The molecule has 1 aliphatic rings. The zero-order valence-electron chi connectivity index (χ0n) is 14.8. The molecule has 2 aromatic carbocycles. The van der Waals surface area contributed by atoms with Crippen LogP contribution in [0.5, 0.6) is 0 Å². The highest BCUT2D eigenvalue weighted by Gasteiger charge is 2.22. The number of rotatable bonds is 4. The van der Waals surface area contributed by atoms with Crippen LogP contribution in [0.15, 0.2) is 60.0 Å². The second-order valence-electron chi connectivity index (χ2n) is 6.57. The number of benzene rings is 2. The van der Waals surface area contributed by atoms with Gasteiger partial charge in [-0.15, -0.1) is 11.3 Å². The van der Waals surface area contributed by atoms with Gasteiger partial charge in [-0.05, 0) is 36.4 Å². The lowest BCUT2D eigenvalue weighted by atomic mass is 10.2. The van der Waals surface area contributed by atoms with Crippen molar-refractivity contribution in [2.24, 2.45) is 0 Å². The molecular formula is C21H20FN3OS. The Balaban J connectivity index is 1.33. The lowest BCUT2D eigenvalue weighted by Crippen LogP contribution is -2.48. The smallest absolute Gasteiger partial charge is 0.253 e. The number of piperazine rings is 1. The van der Waals surface area contributed by atoms with Gasteiger partial charge in [0.15, 0.2) is 0 Å². The highest BCUT2D eigenvalue weighted by Crippen LogP contribution is 2.23. The predicted molar refractivity (Wildman–Crippen MR) is 105 cm³/mol. The number of carbonyl (C=O) groups is 1. The first kappa shape index (κ1) is 17.8. The highest BCUT2D eigenvalue weighted by molar-refractivity contribution is 7.09. The summed E-state index contributed by atoms with van der Waals surface area (Å²) in [5, 5.41) is 3.05. The van der Waals surface area contributed by atoms with Crippen molar-refractivity contribution in [1.82, 2.24) is 14.8 Å². The van der Waals surface area contributed by atoms with E-state index in [9.17, 15) is 9.18 Å². The quantitative estimate of drug-likeness (QED) is 0.688. The van der Waals surface area contributed by atoms with Crippen LogP contribution < -0.4 is 0 Å². The van der Waals surface area contributed by atoms with Crippen molar-refractivity contribution in [2.45, 2.75) is 6.54 Å². The number of nitrogens with zero attached hydrogens (tertiary/aromatic N) is 3. The molecule has 1 aromatic heterocycles. The molecule has 0 bridgehead atoms. The lowest BCUT2D eigenvalue weighted by molar-refractivity contribution is 0.0628. The van der Waals surface area contributed by atoms with Gasteiger partial charge >= 0.3 is 0 Å². The van der Waals surface area contributed by atoms with E-state index in [2.05, 4.69) is 9.88 Å². The third-order valence-corrected chi connectivity index (χ3v) is 5.56. The summed E-state index contributed by atoms with van der Waals surface area (Å²) in [6, 6.07) is 15.8. The first-order valence-electron chi connectivity index (χ1n) is 8.96. The number of amides is 1. The zero-order valence-corrected chi connectivity index (χ0v) is 15.7. The molecule has 3 aromatic rings. The normalized spacial score (nSPS) is 15.1. The summed E-state index contributed by atoms with van der Waals surface area (Å²) in [6.07, 6.45) is 0. The SMILES string of the molecule is O=C(c1ccccc1)N1CCN(Cc2nc(-c3ccc(F)cc3)cs2)CC1. The molecule has 1 aliphatic heterocycles. The monoisotopic (exact) mass is 381 g/mol. The molecule has 0 unspecified atom stereocenters. The standard InChI is InChI=1S/C21H20FN3OS/c22-18-8-6-16(7-9-18)19-15-27-20(23-19)14-24-10-12-25(13-11-24)21(26)17-4-2-1-3-5-17/h1-9,15H,10-14H2. The Kier molecular flexibility index (Phi) is 5.27. The van der Waals surface area contributed by atoms with Crippen LogP contribution in [0.25, 0.3) is 11.3 Å². The van der Waals surface area contributed by atoms with E-state index in [0.29, 0.717) is 0 Å². The topological polar surface area (TPSA) is 36.4 Å². The van der Waals surface area contributed by atoms with Crippen LogP contribution in [0.3, 0.4) is 0 Å². The first-order chi connectivity index (χ1) is 13.2. The van der Waals surface area contributed by atoms with Crippen molar-refractivity contribution in [1.29, 1.82) is 0 Å². The van der Waals surface area contributed by atoms with Gasteiger partial charge in [0.2, 0.25) is 0 Å². The molecule has 1 saturated heterocycles. The third-order valence-electron chi connectivity index (χ3n) is 4.73. The Labute approximate surface area is 161 Å². The summed E-state index contributed by atoms with van der Waals surface area (Å²) >= 11 is 1.62. The Morgan fingerprint density at radius 3 is 2.41 bits per heavy atom. The fourth-order valence-corrected chi connectivity index (χ4v) is 4.05. The van der Waals surface area contributed by atoms with Crippen LogP contribution >= 0.6 is 11.3 Å². The largest absolute Gasteiger partial charge is 0.336 e. The van der Waals surface area contributed by atoms with Crippen molar-refractivity contribution in [3.8, 4) is 11.3 Å². The molecule has 4 rings (SSSR count). The van der Waals surface area contributed by atoms with E-state index >= 15 is 0 Å². The van der Waals surface area contributed by atoms with Crippen LogP contribution in [0, 0.1) is 5.82 Å². The molecule has 0 N–H and O–H groups in total. The summed E-state index contributed by atoms with van der Waals surface area (Å²) in [6.45, 7) is 3.90. The second-order valence-corrected chi connectivity index (χ2v) is 7.51. The third kappa shape index (κ3) is 4.23. The molecule has 0 atom stereocenters. The Bertz CT molecular complexity index is 903. The van der Waals surface area contributed by atoms with Crippen LogP contribution in [-0.4, -0.2) is 46.9 Å². The Hall–Kier alpha value is -2.57. The minimum Gasteiger partial charge on any atom is -0.336 e. The van der Waals surface area contributed by atoms with Crippen LogP contribution in [0.2, 0.25) is 0 Å². The summed E-state index contributed by atoms with van der Waals surface area (Å²) in [7, 11) is 0. The molecule has 0 spiro atoms. The summed E-state index contributed by atoms with van der Waals surface area (Å²) in [5.41, 5.74) is 2.56. The number of carbonyl (C=O) groups excluding carboxylic acids is 1. The van der Waals surface area contributed by atoms with E-state index in [1.807, 2.05) is 40.6 Å². The maximum absolute atomic E-state index is 13.1. The number of hydrogen-bond donors (Lipinski definition) is 0. The molecule has 138 valence electrons. The van der Waals surface area contributed by atoms with Crippen LogP contribution in [0.1, 0.15) is 15.4 Å². The fourth-order valence-electron chi connectivity index (χ4n) is 3.20. The number of aromatic nitrogens is 1. The summed E-state index contributed by atoms with van der Waals surface area (Å²) in [4.78, 5) is 21.4. The van der Waals surface area contributed by atoms with Crippen molar-refractivity contribution in [3.05, 3.63) is 76.4 Å². The van der Waals surface area contributed by atoms with E-state index in [-0.39, 0.29) is 11.7 Å². The van der Waals surface area contributed by atoms with Gasteiger partial charge in [0.25, 0.3) is 5.91 Å².